The van der Waals surface area contributed by atoms with E-state index in [-0.39, 0.29) is 12.1 Å². The lowest BCUT2D eigenvalue weighted by Gasteiger charge is -2.36. The number of benzene rings is 1. The highest BCUT2D eigenvalue weighted by atomic mass is 16.5. The van der Waals surface area contributed by atoms with Crippen LogP contribution < -0.4 is 10.1 Å². The van der Waals surface area contributed by atoms with E-state index >= 15 is 0 Å². The fourth-order valence-corrected chi connectivity index (χ4v) is 2.49. The zero-order chi connectivity index (χ0) is 16.4. The molecule has 7 nitrogen and oxygen atoms in total. The molecule has 122 valence electrons. The molecule has 0 spiro atoms. The third-order valence-corrected chi connectivity index (χ3v) is 3.92. The van der Waals surface area contributed by atoms with Crippen LogP contribution in [0.1, 0.15) is 18.5 Å². The van der Waals surface area contributed by atoms with Crippen molar-refractivity contribution < 1.29 is 14.6 Å². The largest absolute Gasteiger partial charge is 0.494 e. The van der Waals surface area contributed by atoms with Crippen LogP contribution >= 0.6 is 0 Å². The Balaban J connectivity index is 1.70. The average Bonchev–Trinajstić information content (AvgIpc) is 3.01. The molecule has 2 aromatic rings. The van der Waals surface area contributed by atoms with Crippen LogP contribution in [0.25, 0.3) is 5.69 Å². The first-order chi connectivity index (χ1) is 11.1. The fraction of sp³-hybridized carbons (Fsp3) is 0.375. The molecule has 0 aliphatic carbocycles. The fourth-order valence-electron chi connectivity index (χ4n) is 2.49. The van der Waals surface area contributed by atoms with Crippen LogP contribution in [-0.4, -0.2) is 52.1 Å². The second kappa shape index (κ2) is 6.29. The molecule has 1 fully saturated rings. The summed E-state index contributed by atoms with van der Waals surface area (Å²) in [7, 11) is 1.62. The standard InChI is InChI=1S/C16H20N4O3/c1-11(18-16(22)19-9-13(21)10-19)12-7-17-20(8-12)14-5-3-4-6-15(14)23-2/h3-8,11,13,21H,9-10H2,1-2H3,(H,18,22)/t11-/m1/s1. The van der Waals surface area contributed by atoms with Gasteiger partial charge in [-0.3, -0.25) is 0 Å². The normalized spacial score (nSPS) is 15.9. The number of hydrogen-bond acceptors (Lipinski definition) is 4. The molecule has 2 N–H and O–H groups in total. The van der Waals surface area contributed by atoms with Gasteiger partial charge >= 0.3 is 6.03 Å². The van der Waals surface area contributed by atoms with Gasteiger partial charge in [-0.05, 0) is 19.1 Å². The van der Waals surface area contributed by atoms with E-state index < -0.39 is 6.10 Å². The van der Waals surface area contributed by atoms with Crippen LogP contribution in [0, 0.1) is 0 Å². The Morgan fingerprint density at radius 2 is 2.17 bits per heavy atom. The van der Waals surface area contributed by atoms with E-state index in [2.05, 4.69) is 10.4 Å². The molecule has 23 heavy (non-hydrogen) atoms. The number of aromatic nitrogens is 2. The van der Waals surface area contributed by atoms with Crippen molar-refractivity contribution in [3.05, 3.63) is 42.2 Å². The van der Waals surface area contributed by atoms with Gasteiger partial charge in [0.15, 0.2) is 0 Å². The number of hydrogen-bond donors (Lipinski definition) is 2. The van der Waals surface area contributed by atoms with Crippen LogP contribution in [0.4, 0.5) is 4.79 Å². The van der Waals surface area contributed by atoms with Crippen LogP contribution in [0.15, 0.2) is 36.7 Å². The Morgan fingerprint density at radius 3 is 2.87 bits per heavy atom. The number of rotatable bonds is 4. The minimum atomic E-state index is -0.399. The molecule has 2 amide bonds. The highest BCUT2D eigenvalue weighted by molar-refractivity contribution is 5.75. The van der Waals surface area contributed by atoms with E-state index in [1.54, 1.807) is 22.9 Å². The third kappa shape index (κ3) is 3.14. The van der Waals surface area contributed by atoms with Crippen LogP contribution in [0.2, 0.25) is 0 Å². The quantitative estimate of drug-likeness (QED) is 0.892. The van der Waals surface area contributed by atoms with Gasteiger partial charge in [-0.2, -0.15) is 5.10 Å². The van der Waals surface area contributed by atoms with Gasteiger partial charge in [-0.25, -0.2) is 9.48 Å². The Labute approximate surface area is 134 Å². The minimum absolute atomic E-state index is 0.173. The van der Waals surface area contributed by atoms with E-state index in [4.69, 9.17) is 4.74 Å². The molecule has 0 unspecified atom stereocenters. The van der Waals surface area contributed by atoms with Crippen molar-refractivity contribution in [2.75, 3.05) is 20.2 Å². The SMILES string of the molecule is COc1ccccc1-n1cc([C@@H](C)NC(=O)N2CC(O)C2)cn1. The van der Waals surface area contributed by atoms with E-state index in [1.165, 1.54) is 0 Å². The van der Waals surface area contributed by atoms with Gasteiger partial charge in [0.2, 0.25) is 0 Å². The first kappa shape index (κ1) is 15.4. The molecule has 3 rings (SSSR count). The second-order valence-corrected chi connectivity index (χ2v) is 5.62. The highest BCUT2D eigenvalue weighted by Gasteiger charge is 2.29. The maximum Gasteiger partial charge on any atom is 0.318 e. The Bertz CT molecular complexity index is 694. The number of likely N-dealkylation sites (tertiary alicyclic amines) is 1. The number of ether oxygens (including phenoxy) is 1. The van der Waals surface area contributed by atoms with Crippen molar-refractivity contribution in [1.29, 1.82) is 0 Å². The molecular formula is C16H20N4O3. The predicted octanol–water partition coefficient (Wildman–Crippen LogP) is 1.33. The van der Waals surface area contributed by atoms with E-state index in [9.17, 15) is 9.90 Å². The average molecular weight is 316 g/mol. The van der Waals surface area contributed by atoms with Gasteiger partial charge in [0.05, 0.1) is 38.5 Å². The van der Waals surface area contributed by atoms with Crippen LogP contribution in [0.3, 0.4) is 0 Å². The Kier molecular flexibility index (Phi) is 4.20. The van der Waals surface area contributed by atoms with Gasteiger partial charge in [-0.1, -0.05) is 12.1 Å². The second-order valence-electron chi connectivity index (χ2n) is 5.62. The maximum atomic E-state index is 12.0. The Morgan fingerprint density at radius 1 is 1.43 bits per heavy atom. The number of para-hydroxylation sites is 2. The van der Waals surface area contributed by atoms with Crippen LogP contribution in [-0.2, 0) is 0 Å². The number of carbonyl (C=O) groups is 1. The lowest BCUT2D eigenvalue weighted by Crippen LogP contribution is -2.56. The number of carbonyl (C=O) groups excluding carboxylic acids is 1. The molecule has 0 saturated carbocycles. The van der Waals surface area contributed by atoms with Crippen molar-refractivity contribution >= 4 is 6.03 Å². The summed E-state index contributed by atoms with van der Waals surface area (Å²) in [5, 5.41) is 16.5. The lowest BCUT2D eigenvalue weighted by molar-refractivity contribution is 0.0259. The molecule has 2 heterocycles. The van der Waals surface area contributed by atoms with Crippen molar-refractivity contribution in [1.82, 2.24) is 20.0 Å². The van der Waals surface area contributed by atoms with Crippen LogP contribution in [0.5, 0.6) is 5.75 Å². The number of nitrogens with one attached hydrogen (secondary N) is 1. The van der Waals surface area contributed by atoms with Gasteiger partial charge < -0.3 is 20.1 Å². The molecule has 1 aliphatic rings. The first-order valence-electron chi connectivity index (χ1n) is 7.50. The summed E-state index contributed by atoms with van der Waals surface area (Å²) < 4.78 is 7.06. The summed E-state index contributed by atoms with van der Waals surface area (Å²) in [6.45, 7) is 2.68. The number of amides is 2. The number of nitrogens with zero attached hydrogens (tertiary/aromatic N) is 3. The number of methoxy groups -OCH3 is 1. The molecule has 7 heteroatoms. The summed E-state index contributed by atoms with van der Waals surface area (Å²) >= 11 is 0. The van der Waals surface area contributed by atoms with Gasteiger partial charge in [0.25, 0.3) is 0 Å². The molecule has 1 aliphatic heterocycles. The summed E-state index contributed by atoms with van der Waals surface area (Å²) in [4.78, 5) is 13.6. The number of aliphatic hydroxyl groups excluding tert-OH is 1. The summed E-state index contributed by atoms with van der Waals surface area (Å²) in [5.74, 6) is 0.730. The number of β-amino-alcohol motifs (C(OH)–C–C–N with tert-alkyl or cyclic N) is 1. The minimum Gasteiger partial charge on any atom is -0.494 e. The van der Waals surface area contributed by atoms with Gasteiger partial charge in [-0.15, -0.1) is 0 Å². The lowest BCUT2D eigenvalue weighted by atomic mass is 10.1. The Hall–Kier alpha value is -2.54. The molecule has 1 aromatic carbocycles. The summed E-state index contributed by atoms with van der Waals surface area (Å²) in [6.07, 6.45) is 3.19. The zero-order valence-electron chi connectivity index (χ0n) is 13.1. The predicted molar refractivity (Wildman–Crippen MR) is 84.6 cm³/mol. The number of urea groups is 1. The van der Waals surface area contributed by atoms with Crippen molar-refractivity contribution in [3.63, 3.8) is 0 Å². The topological polar surface area (TPSA) is 79.6 Å². The maximum absolute atomic E-state index is 12.0. The highest BCUT2D eigenvalue weighted by Crippen LogP contribution is 2.23. The van der Waals surface area contributed by atoms with Crippen molar-refractivity contribution in [2.24, 2.45) is 0 Å². The molecule has 0 bridgehead atoms. The third-order valence-electron chi connectivity index (χ3n) is 3.92. The van der Waals surface area contributed by atoms with E-state index in [0.29, 0.717) is 13.1 Å². The monoisotopic (exact) mass is 316 g/mol. The van der Waals surface area contributed by atoms with E-state index in [0.717, 1.165) is 17.0 Å². The van der Waals surface area contributed by atoms with Gasteiger partial charge in [0.1, 0.15) is 11.4 Å². The number of aliphatic hydroxyl groups is 1. The molecule has 1 atom stereocenters. The molecule has 1 saturated heterocycles. The van der Waals surface area contributed by atoms with E-state index in [1.807, 2.05) is 37.4 Å². The zero-order valence-corrected chi connectivity index (χ0v) is 13.1. The smallest absolute Gasteiger partial charge is 0.318 e. The molecule has 0 radical (unpaired) electrons. The summed E-state index contributed by atoms with van der Waals surface area (Å²) in [6, 6.07) is 7.25. The molecule has 1 aromatic heterocycles. The van der Waals surface area contributed by atoms with Crippen molar-refractivity contribution in [3.8, 4) is 11.4 Å². The van der Waals surface area contributed by atoms with Gasteiger partial charge in [0, 0.05) is 11.8 Å². The van der Waals surface area contributed by atoms with Crippen molar-refractivity contribution in [2.45, 2.75) is 19.1 Å². The first-order valence-corrected chi connectivity index (χ1v) is 7.50. The molecular weight excluding hydrogens is 296 g/mol. The summed E-state index contributed by atoms with van der Waals surface area (Å²) in [5.41, 5.74) is 1.73.